The molecule has 0 saturated carbocycles. The predicted octanol–water partition coefficient (Wildman–Crippen LogP) is 3.26. The number of rotatable bonds is 0. The molecule has 0 saturated heterocycles. The molecule has 0 N–H and O–H groups in total. The predicted molar refractivity (Wildman–Crippen MR) is 65.4 cm³/mol. The van der Waals surface area contributed by atoms with E-state index in [-0.39, 0.29) is 0 Å². The topological polar surface area (TPSA) is 15.6 Å². The molecule has 3 rings (SSSR count). The highest BCUT2D eigenvalue weighted by molar-refractivity contribution is 8.14. The summed E-state index contributed by atoms with van der Waals surface area (Å²) in [5.74, 6) is 0. The van der Waals surface area contributed by atoms with Gasteiger partial charge in [-0.2, -0.15) is 0 Å². The minimum atomic E-state index is 0.304. The Kier molecular flexibility index (Phi) is 1.89. The maximum absolute atomic E-state index is 4.64. The van der Waals surface area contributed by atoms with E-state index in [0.717, 1.165) is 5.17 Å². The lowest BCUT2D eigenvalue weighted by molar-refractivity contribution is 0.886. The third kappa shape index (κ3) is 1.30. The molecular formula is C12H12N2S. The van der Waals surface area contributed by atoms with Gasteiger partial charge in [-0.05, 0) is 43.8 Å². The van der Waals surface area contributed by atoms with Gasteiger partial charge < -0.3 is 0 Å². The van der Waals surface area contributed by atoms with E-state index in [0.29, 0.717) is 6.04 Å². The molecule has 0 radical (unpaired) electrons. The number of aliphatic imine (C=N–C) groups is 1. The molecule has 3 heteroatoms. The average molecular weight is 216 g/mol. The van der Waals surface area contributed by atoms with Gasteiger partial charge in [-0.25, -0.2) is 0 Å². The summed E-state index contributed by atoms with van der Waals surface area (Å²) in [4.78, 5) is 8.18. The largest absolute Gasteiger partial charge is 0.293 e. The van der Waals surface area contributed by atoms with Gasteiger partial charge >= 0.3 is 0 Å². The van der Waals surface area contributed by atoms with Crippen molar-refractivity contribution < 1.29 is 0 Å². The SMILES string of the molecule is CC1=CC(C)N=C2Sc3ccccc3N12. The monoisotopic (exact) mass is 216 g/mol. The molecule has 0 aliphatic carbocycles. The third-order valence-electron chi connectivity index (χ3n) is 2.65. The van der Waals surface area contributed by atoms with Crippen LogP contribution in [0.4, 0.5) is 5.69 Å². The van der Waals surface area contributed by atoms with Crippen molar-refractivity contribution in [3.8, 4) is 0 Å². The number of amidine groups is 1. The average Bonchev–Trinajstić information content (AvgIpc) is 2.54. The molecule has 2 heterocycles. The third-order valence-corrected chi connectivity index (χ3v) is 3.68. The molecule has 0 aromatic heterocycles. The number of benzene rings is 1. The number of nitrogens with zero attached hydrogens (tertiary/aromatic N) is 2. The van der Waals surface area contributed by atoms with Crippen LogP contribution in [0.1, 0.15) is 13.8 Å². The minimum Gasteiger partial charge on any atom is -0.293 e. The van der Waals surface area contributed by atoms with E-state index in [9.17, 15) is 0 Å². The first-order valence-electron chi connectivity index (χ1n) is 5.09. The van der Waals surface area contributed by atoms with E-state index >= 15 is 0 Å². The van der Waals surface area contributed by atoms with E-state index in [1.165, 1.54) is 16.3 Å². The Balaban J connectivity index is 2.14. The van der Waals surface area contributed by atoms with Crippen molar-refractivity contribution in [2.24, 2.45) is 4.99 Å². The smallest absolute Gasteiger partial charge is 0.173 e. The molecule has 15 heavy (non-hydrogen) atoms. The van der Waals surface area contributed by atoms with Crippen molar-refractivity contribution >= 4 is 22.6 Å². The molecule has 76 valence electrons. The highest BCUT2D eigenvalue weighted by Crippen LogP contribution is 2.43. The van der Waals surface area contributed by atoms with Crippen LogP contribution in [0.15, 0.2) is 45.9 Å². The van der Waals surface area contributed by atoms with Gasteiger partial charge in [-0.1, -0.05) is 12.1 Å². The van der Waals surface area contributed by atoms with Crippen molar-refractivity contribution in [2.45, 2.75) is 24.8 Å². The quantitative estimate of drug-likeness (QED) is 0.661. The lowest BCUT2D eigenvalue weighted by atomic mass is 10.2. The normalized spacial score (nSPS) is 23.1. The van der Waals surface area contributed by atoms with Crippen molar-refractivity contribution in [1.82, 2.24) is 0 Å². The van der Waals surface area contributed by atoms with Crippen LogP contribution in [0, 0.1) is 0 Å². The van der Waals surface area contributed by atoms with Crippen LogP contribution in [-0.2, 0) is 0 Å². The molecule has 0 fully saturated rings. The van der Waals surface area contributed by atoms with Gasteiger partial charge in [0, 0.05) is 10.6 Å². The first-order valence-corrected chi connectivity index (χ1v) is 5.90. The Morgan fingerprint density at radius 2 is 2.13 bits per heavy atom. The van der Waals surface area contributed by atoms with Gasteiger partial charge in [-0.15, -0.1) is 0 Å². The number of hydrogen-bond acceptors (Lipinski definition) is 3. The minimum absolute atomic E-state index is 0.304. The van der Waals surface area contributed by atoms with E-state index in [1.807, 2.05) is 0 Å². The van der Waals surface area contributed by atoms with E-state index in [2.05, 4.69) is 54.1 Å². The molecule has 1 atom stereocenters. The number of allylic oxidation sites excluding steroid dienone is 1. The molecule has 1 aromatic carbocycles. The van der Waals surface area contributed by atoms with E-state index in [4.69, 9.17) is 0 Å². The van der Waals surface area contributed by atoms with Gasteiger partial charge in [0.2, 0.25) is 0 Å². The molecule has 2 aliphatic rings. The van der Waals surface area contributed by atoms with Crippen LogP contribution in [0.3, 0.4) is 0 Å². The van der Waals surface area contributed by atoms with Gasteiger partial charge in [0.1, 0.15) is 0 Å². The summed E-state index contributed by atoms with van der Waals surface area (Å²) >= 11 is 1.76. The fourth-order valence-corrected chi connectivity index (χ4v) is 3.20. The lowest BCUT2D eigenvalue weighted by Gasteiger charge is -2.25. The summed E-state index contributed by atoms with van der Waals surface area (Å²) < 4.78 is 0. The Morgan fingerprint density at radius 3 is 3.00 bits per heavy atom. The summed E-state index contributed by atoms with van der Waals surface area (Å²) in [7, 11) is 0. The first kappa shape index (κ1) is 9.04. The van der Waals surface area contributed by atoms with E-state index < -0.39 is 0 Å². The second-order valence-electron chi connectivity index (χ2n) is 3.87. The van der Waals surface area contributed by atoms with Crippen LogP contribution < -0.4 is 4.90 Å². The van der Waals surface area contributed by atoms with Crippen molar-refractivity contribution in [3.63, 3.8) is 0 Å². The van der Waals surface area contributed by atoms with Crippen molar-refractivity contribution in [1.29, 1.82) is 0 Å². The summed E-state index contributed by atoms with van der Waals surface area (Å²) in [5, 5.41) is 1.11. The lowest BCUT2D eigenvalue weighted by Crippen LogP contribution is -2.28. The van der Waals surface area contributed by atoms with Crippen LogP contribution >= 0.6 is 11.8 Å². The summed E-state index contributed by atoms with van der Waals surface area (Å²) in [6.07, 6.45) is 2.20. The summed E-state index contributed by atoms with van der Waals surface area (Å²) in [6, 6.07) is 8.76. The number of fused-ring (bicyclic) bond motifs is 3. The Labute approximate surface area is 93.7 Å². The molecule has 1 aromatic rings. The van der Waals surface area contributed by atoms with Gasteiger partial charge in [0.05, 0.1) is 11.7 Å². The first-order chi connectivity index (χ1) is 7.25. The number of anilines is 1. The van der Waals surface area contributed by atoms with Gasteiger partial charge in [0.15, 0.2) is 5.17 Å². The zero-order valence-corrected chi connectivity index (χ0v) is 9.58. The maximum atomic E-state index is 4.64. The zero-order valence-electron chi connectivity index (χ0n) is 8.77. The van der Waals surface area contributed by atoms with Crippen LogP contribution in [0.25, 0.3) is 0 Å². The highest BCUT2D eigenvalue weighted by Gasteiger charge is 2.29. The molecule has 0 bridgehead atoms. The fraction of sp³-hybridized carbons (Fsp3) is 0.250. The highest BCUT2D eigenvalue weighted by atomic mass is 32.2. The van der Waals surface area contributed by atoms with Crippen LogP contribution in [0.5, 0.6) is 0 Å². The van der Waals surface area contributed by atoms with Crippen LogP contribution in [-0.4, -0.2) is 11.2 Å². The van der Waals surface area contributed by atoms with Crippen LogP contribution in [0.2, 0.25) is 0 Å². The molecule has 2 nitrogen and oxygen atoms in total. The Morgan fingerprint density at radius 1 is 1.33 bits per heavy atom. The molecule has 0 spiro atoms. The molecule has 2 aliphatic heterocycles. The van der Waals surface area contributed by atoms with Gasteiger partial charge in [0.25, 0.3) is 0 Å². The molecular weight excluding hydrogens is 204 g/mol. The summed E-state index contributed by atoms with van der Waals surface area (Å²) in [5.41, 5.74) is 2.55. The van der Waals surface area contributed by atoms with Gasteiger partial charge in [-0.3, -0.25) is 9.89 Å². The number of thioether (sulfide) groups is 1. The standard InChI is InChI=1S/C12H12N2S/c1-8-7-9(2)14-10-5-3-4-6-11(10)15-12(14)13-8/h3-8H,1-2H3. The Hall–Kier alpha value is -1.22. The van der Waals surface area contributed by atoms with Crippen molar-refractivity contribution in [2.75, 3.05) is 4.90 Å². The maximum Gasteiger partial charge on any atom is 0.173 e. The molecule has 0 amide bonds. The van der Waals surface area contributed by atoms with Crippen molar-refractivity contribution in [3.05, 3.63) is 36.0 Å². The summed E-state index contributed by atoms with van der Waals surface area (Å²) in [6.45, 7) is 4.27. The Bertz CT molecular complexity index is 476. The zero-order chi connectivity index (χ0) is 10.4. The second-order valence-corrected chi connectivity index (χ2v) is 4.87. The fourth-order valence-electron chi connectivity index (χ4n) is 2.04. The van der Waals surface area contributed by atoms with E-state index in [1.54, 1.807) is 11.8 Å². The second kappa shape index (κ2) is 3.14. The number of hydrogen-bond donors (Lipinski definition) is 0. The molecule has 1 unspecified atom stereocenters. The number of para-hydroxylation sites is 1.